The number of anilines is 2. The predicted octanol–water partition coefficient (Wildman–Crippen LogP) is 5.49. The number of rotatable bonds is 5. The molecule has 0 unspecified atom stereocenters. The highest BCUT2D eigenvalue weighted by Gasteiger charge is 2.15. The van der Waals surface area contributed by atoms with Crippen molar-refractivity contribution in [3.05, 3.63) is 94.5 Å². The molecule has 0 aromatic heterocycles. The number of amides is 2. The van der Waals surface area contributed by atoms with Crippen molar-refractivity contribution in [3.8, 4) is 6.07 Å². The predicted molar refractivity (Wildman–Crippen MR) is 119 cm³/mol. The van der Waals surface area contributed by atoms with Crippen LogP contribution in [0.1, 0.15) is 57.2 Å². The Bertz CT molecular complexity index is 1140. The van der Waals surface area contributed by atoms with Gasteiger partial charge in [0, 0.05) is 16.8 Å². The van der Waals surface area contributed by atoms with Crippen molar-refractivity contribution >= 4 is 23.2 Å². The van der Waals surface area contributed by atoms with Gasteiger partial charge in [-0.05, 0) is 54.3 Å². The van der Waals surface area contributed by atoms with E-state index in [1.54, 1.807) is 48.5 Å². The number of aryl methyl sites for hydroxylation is 1. The number of nitriles is 1. The molecule has 0 heterocycles. The third kappa shape index (κ3) is 4.56. The lowest BCUT2D eigenvalue weighted by Crippen LogP contribution is -2.17. The zero-order chi connectivity index (χ0) is 21.7. The van der Waals surface area contributed by atoms with Gasteiger partial charge in [-0.1, -0.05) is 50.2 Å². The molecule has 0 spiro atoms. The van der Waals surface area contributed by atoms with E-state index in [1.807, 2.05) is 25.1 Å². The van der Waals surface area contributed by atoms with Gasteiger partial charge in [0.15, 0.2) is 0 Å². The molecule has 150 valence electrons. The Morgan fingerprint density at radius 3 is 2.17 bits per heavy atom. The SMILES string of the molecule is Cc1cccc(C(C)C)c1NC(=O)c1cccc(C(=O)Nc2ccccc2C#N)c1. The summed E-state index contributed by atoms with van der Waals surface area (Å²) in [6, 6.07) is 21.3. The number of carbonyl (C=O) groups excluding carboxylic acids is 2. The molecule has 3 rings (SSSR count). The highest BCUT2D eigenvalue weighted by Crippen LogP contribution is 2.28. The molecule has 3 aromatic carbocycles. The van der Waals surface area contributed by atoms with Crippen LogP contribution >= 0.6 is 0 Å². The zero-order valence-corrected chi connectivity index (χ0v) is 17.2. The number of nitrogens with zero attached hydrogens (tertiary/aromatic N) is 1. The summed E-state index contributed by atoms with van der Waals surface area (Å²) < 4.78 is 0. The quantitative estimate of drug-likeness (QED) is 0.597. The molecule has 0 aliphatic carbocycles. The molecule has 0 fully saturated rings. The van der Waals surface area contributed by atoms with Crippen molar-refractivity contribution in [3.63, 3.8) is 0 Å². The standard InChI is InChI=1S/C25H23N3O2/c1-16(2)21-12-6-8-17(3)23(21)28-25(30)19-11-7-10-18(14-19)24(29)27-22-13-5-4-9-20(22)15-26/h4-14,16H,1-3H3,(H,27,29)(H,28,30). The van der Waals surface area contributed by atoms with Crippen LogP contribution in [0.25, 0.3) is 0 Å². The molecule has 2 amide bonds. The Labute approximate surface area is 176 Å². The van der Waals surface area contributed by atoms with E-state index >= 15 is 0 Å². The molecule has 0 aliphatic rings. The number of para-hydroxylation sites is 2. The second-order valence-corrected chi connectivity index (χ2v) is 7.34. The first-order valence-corrected chi connectivity index (χ1v) is 9.72. The average molecular weight is 397 g/mol. The van der Waals surface area contributed by atoms with Gasteiger partial charge in [0.25, 0.3) is 11.8 Å². The van der Waals surface area contributed by atoms with E-state index in [1.165, 1.54) is 0 Å². The van der Waals surface area contributed by atoms with Crippen molar-refractivity contribution in [1.82, 2.24) is 0 Å². The molecular formula is C25H23N3O2. The van der Waals surface area contributed by atoms with E-state index < -0.39 is 0 Å². The Morgan fingerprint density at radius 1 is 0.867 bits per heavy atom. The number of nitrogens with one attached hydrogen (secondary N) is 2. The fourth-order valence-corrected chi connectivity index (χ4v) is 3.21. The first kappa shape index (κ1) is 20.8. The highest BCUT2D eigenvalue weighted by atomic mass is 16.2. The molecule has 0 aliphatic heterocycles. The maximum absolute atomic E-state index is 12.9. The fraction of sp³-hybridized carbons (Fsp3) is 0.160. The summed E-state index contributed by atoms with van der Waals surface area (Å²) in [5.74, 6) is -0.401. The van der Waals surface area contributed by atoms with Gasteiger partial charge in [0.1, 0.15) is 6.07 Å². The summed E-state index contributed by atoms with van der Waals surface area (Å²) in [5.41, 5.74) is 4.37. The van der Waals surface area contributed by atoms with Crippen molar-refractivity contribution in [2.24, 2.45) is 0 Å². The lowest BCUT2D eigenvalue weighted by atomic mass is 9.98. The second kappa shape index (κ2) is 9.06. The normalized spacial score (nSPS) is 10.4. The van der Waals surface area contributed by atoms with E-state index in [4.69, 9.17) is 0 Å². The van der Waals surface area contributed by atoms with Gasteiger partial charge in [0.2, 0.25) is 0 Å². The molecule has 30 heavy (non-hydrogen) atoms. The zero-order valence-electron chi connectivity index (χ0n) is 17.2. The van der Waals surface area contributed by atoms with Gasteiger partial charge >= 0.3 is 0 Å². The van der Waals surface area contributed by atoms with Gasteiger partial charge in [-0.3, -0.25) is 9.59 Å². The van der Waals surface area contributed by atoms with Crippen LogP contribution in [0.15, 0.2) is 66.7 Å². The van der Waals surface area contributed by atoms with Crippen LogP contribution < -0.4 is 10.6 Å². The lowest BCUT2D eigenvalue weighted by Gasteiger charge is -2.16. The third-order valence-electron chi connectivity index (χ3n) is 4.85. The monoisotopic (exact) mass is 397 g/mol. The molecule has 5 nitrogen and oxygen atoms in total. The van der Waals surface area contributed by atoms with Crippen LogP contribution in [-0.4, -0.2) is 11.8 Å². The smallest absolute Gasteiger partial charge is 0.255 e. The van der Waals surface area contributed by atoms with Gasteiger partial charge in [-0.2, -0.15) is 5.26 Å². The Balaban J connectivity index is 1.83. The van der Waals surface area contributed by atoms with E-state index in [0.717, 1.165) is 16.8 Å². The second-order valence-electron chi connectivity index (χ2n) is 7.34. The van der Waals surface area contributed by atoms with Crippen LogP contribution in [0.4, 0.5) is 11.4 Å². The van der Waals surface area contributed by atoms with Crippen LogP contribution in [0.2, 0.25) is 0 Å². The molecule has 0 saturated carbocycles. The van der Waals surface area contributed by atoms with Gasteiger partial charge in [0.05, 0.1) is 11.3 Å². The van der Waals surface area contributed by atoms with Crippen molar-refractivity contribution in [2.45, 2.75) is 26.7 Å². The maximum Gasteiger partial charge on any atom is 0.255 e. The summed E-state index contributed by atoms with van der Waals surface area (Å²) in [5, 5.41) is 14.9. The third-order valence-corrected chi connectivity index (χ3v) is 4.85. The van der Waals surface area contributed by atoms with Crippen LogP contribution in [0.5, 0.6) is 0 Å². The molecule has 3 aromatic rings. The van der Waals surface area contributed by atoms with Gasteiger partial charge < -0.3 is 10.6 Å². The van der Waals surface area contributed by atoms with Crippen molar-refractivity contribution in [2.75, 3.05) is 10.6 Å². The Kier molecular flexibility index (Phi) is 6.29. The minimum absolute atomic E-state index is 0.262. The van der Waals surface area contributed by atoms with Gasteiger partial charge in [-0.15, -0.1) is 0 Å². The van der Waals surface area contributed by atoms with E-state index in [2.05, 4.69) is 30.6 Å². The number of hydrogen-bond acceptors (Lipinski definition) is 3. The molecule has 0 radical (unpaired) electrons. The minimum atomic E-state index is -0.383. The van der Waals surface area contributed by atoms with E-state index in [9.17, 15) is 14.9 Å². The molecule has 0 saturated heterocycles. The molecule has 0 atom stereocenters. The first-order chi connectivity index (χ1) is 14.4. The van der Waals surface area contributed by atoms with Crippen LogP contribution in [0, 0.1) is 18.3 Å². The number of carbonyl (C=O) groups is 2. The maximum atomic E-state index is 12.9. The summed E-state index contributed by atoms with van der Waals surface area (Å²) in [6.07, 6.45) is 0. The minimum Gasteiger partial charge on any atom is -0.321 e. The molecule has 5 heteroatoms. The first-order valence-electron chi connectivity index (χ1n) is 9.72. The number of benzene rings is 3. The van der Waals surface area contributed by atoms with Crippen molar-refractivity contribution in [1.29, 1.82) is 5.26 Å². The Morgan fingerprint density at radius 2 is 1.50 bits per heavy atom. The Hall–Kier alpha value is -3.91. The van der Waals surface area contributed by atoms with Crippen molar-refractivity contribution < 1.29 is 9.59 Å². The van der Waals surface area contributed by atoms with E-state index in [0.29, 0.717) is 22.4 Å². The summed E-state index contributed by atoms with van der Waals surface area (Å²) >= 11 is 0. The average Bonchev–Trinajstić information content (AvgIpc) is 2.75. The summed E-state index contributed by atoms with van der Waals surface area (Å²) in [4.78, 5) is 25.5. The molecular weight excluding hydrogens is 374 g/mol. The van der Waals surface area contributed by atoms with E-state index in [-0.39, 0.29) is 17.7 Å². The largest absolute Gasteiger partial charge is 0.321 e. The number of hydrogen-bond donors (Lipinski definition) is 2. The molecule has 0 bridgehead atoms. The fourth-order valence-electron chi connectivity index (χ4n) is 3.21. The van der Waals surface area contributed by atoms with Crippen LogP contribution in [0.3, 0.4) is 0 Å². The van der Waals surface area contributed by atoms with Crippen LogP contribution in [-0.2, 0) is 0 Å². The lowest BCUT2D eigenvalue weighted by molar-refractivity contribution is 0.102. The van der Waals surface area contributed by atoms with Gasteiger partial charge in [-0.25, -0.2) is 0 Å². The topological polar surface area (TPSA) is 82.0 Å². The summed E-state index contributed by atoms with van der Waals surface area (Å²) in [6.45, 7) is 6.11. The highest BCUT2D eigenvalue weighted by molar-refractivity contribution is 6.09. The summed E-state index contributed by atoms with van der Waals surface area (Å²) in [7, 11) is 0. The molecule has 2 N–H and O–H groups in total.